The number of thiazole rings is 1. The smallest absolute Gasteiger partial charge is 0.313 e. The molecule has 4 aromatic rings. The summed E-state index contributed by atoms with van der Waals surface area (Å²) in [5, 5.41) is 5.94. The van der Waals surface area contributed by atoms with Crippen molar-refractivity contribution in [2.45, 2.75) is 11.4 Å². The zero-order chi connectivity index (χ0) is 20.2. The molecule has 0 saturated heterocycles. The zero-order valence-electron chi connectivity index (χ0n) is 15.5. The molecule has 0 aliphatic heterocycles. The average molecular weight is 424 g/mol. The number of nitrogens with one attached hydrogen (secondary N) is 2. The Morgan fingerprint density at radius 2 is 1.93 bits per heavy atom. The maximum Gasteiger partial charge on any atom is 0.313 e. The quantitative estimate of drug-likeness (QED) is 0.364. The van der Waals surface area contributed by atoms with Gasteiger partial charge in [0.1, 0.15) is 5.76 Å². The number of benzene rings is 2. The van der Waals surface area contributed by atoms with Crippen LogP contribution in [0.1, 0.15) is 5.76 Å². The first-order valence-electron chi connectivity index (χ1n) is 8.80. The summed E-state index contributed by atoms with van der Waals surface area (Å²) >= 11 is 3.10. The van der Waals surface area contributed by atoms with Crippen LogP contribution in [0.5, 0.6) is 0 Å². The summed E-state index contributed by atoms with van der Waals surface area (Å²) < 4.78 is 6.86. The maximum absolute atomic E-state index is 12.1. The monoisotopic (exact) mass is 423 g/mol. The van der Waals surface area contributed by atoms with Crippen LogP contribution in [0.25, 0.3) is 21.0 Å². The van der Waals surface area contributed by atoms with Crippen molar-refractivity contribution in [3.8, 4) is 10.8 Å². The lowest BCUT2D eigenvalue weighted by molar-refractivity contribution is -0.136. The van der Waals surface area contributed by atoms with E-state index in [0.717, 1.165) is 20.1 Å². The Morgan fingerprint density at radius 1 is 1.07 bits per heavy atom. The van der Waals surface area contributed by atoms with Gasteiger partial charge in [-0.05, 0) is 48.7 Å². The number of thioether (sulfide) groups is 1. The van der Waals surface area contributed by atoms with Gasteiger partial charge in [-0.2, -0.15) is 0 Å². The molecule has 2 N–H and O–H groups in total. The van der Waals surface area contributed by atoms with Crippen LogP contribution >= 0.6 is 23.1 Å². The van der Waals surface area contributed by atoms with Crippen LogP contribution in [0.3, 0.4) is 0 Å². The third-order valence-electron chi connectivity index (χ3n) is 4.12. The standard InChI is InChI=1S/C21H17N3O3S2/c1-28-15-6-4-5-13(11-15)23-20(26)19(25)22-12-14-9-10-17(27-14)21-24-16-7-2-3-8-18(16)29-21/h2-11H,12H2,1H3,(H,22,25)(H,23,26). The van der Waals surface area contributed by atoms with Gasteiger partial charge in [0.05, 0.1) is 16.8 Å². The zero-order valence-corrected chi connectivity index (χ0v) is 17.1. The molecule has 0 aliphatic carbocycles. The van der Waals surface area contributed by atoms with Gasteiger partial charge in [0.25, 0.3) is 0 Å². The highest BCUT2D eigenvalue weighted by Crippen LogP contribution is 2.31. The van der Waals surface area contributed by atoms with Crippen LogP contribution in [0.4, 0.5) is 5.69 Å². The van der Waals surface area contributed by atoms with Gasteiger partial charge in [0.2, 0.25) is 0 Å². The fourth-order valence-electron chi connectivity index (χ4n) is 2.70. The Morgan fingerprint density at radius 3 is 2.76 bits per heavy atom. The summed E-state index contributed by atoms with van der Waals surface area (Å²) in [6, 6.07) is 18.8. The number of anilines is 1. The number of amides is 2. The predicted octanol–water partition coefficient (Wildman–Crippen LogP) is 4.53. The van der Waals surface area contributed by atoms with Crippen molar-refractivity contribution in [2.24, 2.45) is 0 Å². The first-order chi connectivity index (χ1) is 14.1. The van der Waals surface area contributed by atoms with E-state index >= 15 is 0 Å². The van der Waals surface area contributed by atoms with Crippen molar-refractivity contribution >= 4 is 50.8 Å². The maximum atomic E-state index is 12.1. The third-order valence-corrected chi connectivity index (χ3v) is 5.90. The topological polar surface area (TPSA) is 84.2 Å². The van der Waals surface area contributed by atoms with Crippen LogP contribution in [0.2, 0.25) is 0 Å². The molecule has 2 amide bonds. The van der Waals surface area contributed by atoms with Crippen molar-refractivity contribution < 1.29 is 14.0 Å². The van der Waals surface area contributed by atoms with Crippen LogP contribution in [-0.4, -0.2) is 23.1 Å². The number of fused-ring (bicyclic) bond motifs is 1. The molecule has 29 heavy (non-hydrogen) atoms. The van der Waals surface area contributed by atoms with Crippen molar-refractivity contribution in [3.05, 3.63) is 66.4 Å². The molecular formula is C21H17N3O3S2. The van der Waals surface area contributed by atoms with Gasteiger partial charge in [0.15, 0.2) is 10.8 Å². The van der Waals surface area contributed by atoms with Gasteiger partial charge in [-0.25, -0.2) is 4.98 Å². The van der Waals surface area contributed by atoms with Gasteiger partial charge < -0.3 is 15.1 Å². The number of carbonyl (C=O) groups excluding carboxylic acids is 2. The number of carbonyl (C=O) groups is 2. The molecule has 0 atom stereocenters. The van der Waals surface area contributed by atoms with Gasteiger partial charge in [-0.3, -0.25) is 9.59 Å². The lowest BCUT2D eigenvalue weighted by Gasteiger charge is -2.06. The molecule has 2 heterocycles. The first-order valence-corrected chi connectivity index (χ1v) is 10.8. The highest BCUT2D eigenvalue weighted by atomic mass is 32.2. The van der Waals surface area contributed by atoms with E-state index in [-0.39, 0.29) is 6.54 Å². The van der Waals surface area contributed by atoms with Crippen molar-refractivity contribution in [1.29, 1.82) is 0 Å². The summed E-state index contributed by atoms with van der Waals surface area (Å²) in [6.45, 7) is 0.113. The van der Waals surface area contributed by atoms with E-state index in [4.69, 9.17) is 4.42 Å². The summed E-state index contributed by atoms with van der Waals surface area (Å²) in [4.78, 5) is 29.7. The minimum absolute atomic E-state index is 0.113. The van der Waals surface area contributed by atoms with Gasteiger partial charge in [-0.1, -0.05) is 18.2 Å². The summed E-state index contributed by atoms with van der Waals surface area (Å²) in [6.07, 6.45) is 1.94. The molecule has 0 radical (unpaired) electrons. The van der Waals surface area contributed by atoms with Crippen LogP contribution in [0, 0.1) is 0 Å². The number of aromatic nitrogens is 1. The minimum Gasteiger partial charge on any atom is -0.457 e. The number of nitrogens with zero attached hydrogens (tertiary/aromatic N) is 1. The second-order valence-corrected chi connectivity index (χ2v) is 8.03. The number of para-hydroxylation sites is 1. The van der Waals surface area contributed by atoms with Gasteiger partial charge in [0, 0.05) is 10.6 Å². The Bertz CT molecular complexity index is 1150. The van der Waals surface area contributed by atoms with E-state index in [1.165, 1.54) is 11.3 Å². The molecule has 0 aliphatic rings. The summed E-state index contributed by atoms with van der Waals surface area (Å²) in [7, 11) is 0. The number of hydrogen-bond acceptors (Lipinski definition) is 6. The Hall–Kier alpha value is -3.10. The first kappa shape index (κ1) is 19.2. The van der Waals surface area contributed by atoms with E-state index in [1.807, 2.05) is 54.8 Å². The van der Waals surface area contributed by atoms with Crippen molar-refractivity contribution in [1.82, 2.24) is 10.3 Å². The minimum atomic E-state index is -0.725. The molecular weight excluding hydrogens is 406 g/mol. The molecule has 4 rings (SSSR count). The number of rotatable bonds is 5. The van der Waals surface area contributed by atoms with E-state index < -0.39 is 11.8 Å². The average Bonchev–Trinajstić information content (AvgIpc) is 3.38. The van der Waals surface area contributed by atoms with E-state index in [0.29, 0.717) is 17.2 Å². The molecule has 2 aromatic heterocycles. The van der Waals surface area contributed by atoms with Crippen molar-refractivity contribution in [2.75, 3.05) is 11.6 Å². The molecule has 146 valence electrons. The second-order valence-electron chi connectivity index (χ2n) is 6.12. The Balaban J connectivity index is 1.36. The lowest BCUT2D eigenvalue weighted by atomic mass is 10.3. The largest absolute Gasteiger partial charge is 0.457 e. The normalized spacial score (nSPS) is 10.8. The molecule has 6 nitrogen and oxygen atoms in total. The fourth-order valence-corrected chi connectivity index (χ4v) is 4.09. The third kappa shape index (κ3) is 4.49. The molecule has 2 aromatic carbocycles. The summed E-state index contributed by atoms with van der Waals surface area (Å²) in [5.41, 5.74) is 1.49. The van der Waals surface area contributed by atoms with Gasteiger partial charge in [-0.15, -0.1) is 23.1 Å². The van der Waals surface area contributed by atoms with E-state index in [9.17, 15) is 9.59 Å². The van der Waals surface area contributed by atoms with Crippen molar-refractivity contribution in [3.63, 3.8) is 0 Å². The molecule has 8 heteroatoms. The number of furan rings is 1. The lowest BCUT2D eigenvalue weighted by Crippen LogP contribution is -2.34. The highest BCUT2D eigenvalue weighted by Gasteiger charge is 2.15. The van der Waals surface area contributed by atoms with Crippen LogP contribution in [0.15, 0.2) is 70.0 Å². The molecule has 0 unspecified atom stereocenters. The highest BCUT2D eigenvalue weighted by molar-refractivity contribution is 7.98. The van der Waals surface area contributed by atoms with Crippen LogP contribution < -0.4 is 10.6 Å². The van der Waals surface area contributed by atoms with Crippen LogP contribution in [-0.2, 0) is 16.1 Å². The Kier molecular flexibility index (Phi) is 5.64. The summed E-state index contributed by atoms with van der Waals surface area (Å²) in [5.74, 6) is -0.266. The molecule has 0 fully saturated rings. The molecule has 0 spiro atoms. The van der Waals surface area contributed by atoms with Gasteiger partial charge >= 0.3 is 11.8 Å². The van der Waals surface area contributed by atoms with E-state index in [1.54, 1.807) is 23.9 Å². The predicted molar refractivity (Wildman–Crippen MR) is 116 cm³/mol. The fraction of sp³-hybridized carbons (Fsp3) is 0.0952. The molecule has 0 bridgehead atoms. The molecule has 0 saturated carbocycles. The number of hydrogen-bond donors (Lipinski definition) is 2. The SMILES string of the molecule is CSc1cccc(NC(=O)C(=O)NCc2ccc(-c3nc4ccccc4s3)o2)c1. The Labute approximate surface area is 175 Å². The second kappa shape index (κ2) is 8.50. The van der Waals surface area contributed by atoms with E-state index in [2.05, 4.69) is 15.6 Å².